The molecule has 1 heterocycles. The number of amides is 1. The topological polar surface area (TPSA) is 67.0 Å². The van der Waals surface area contributed by atoms with Gasteiger partial charge in [0.05, 0.1) is 15.4 Å². The van der Waals surface area contributed by atoms with Crippen molar-refractivity contribution >= 4 is 38.7 Å². The quantitative estimate of drug-likeness (QED) is 0.732. The number of carbonyl (C=O) groups excluding carboxylic acids is 1. The van der Waals surface area contributed by atoms with Gasteiger partial charge in [-0.15, -0.1) is 0 Å². The number of nitrogens with one attached hydrogen (secondary N) is 2. The first kappa shape index (κ1) is 14.5. The first-order chi connectivity index (χ1) is 10.6. The number of benzene rings is 2. The van der Waals surface area contributed by atoms with Crippen molar-refractivity contribution in [2.24, 2.45) is 0 Å². The minimum absolute atomic E-state index is 0.143. The van der Waals surface area contributed by atoms with E-state index in [0.717, 1.165) is 5.56 Å². The van der Waals surface area contributed by atoms with E-state index in [4.69, 9.17) is 4.74 Å². The molecular formula is C15H11BrFN3O2. The van der Waals surface area contributed by atoms with E-state index in [-0.39, 0.29) is 16.9 Å². The van der Waals surface area contributed by atoms with Gasteiger partial charge in [0.1, 0.15) is 12.4 Å². The van der Waals surface area contributed by atoms with E-state index < -0.39 is 11.9 Å². The molecular weight excluding hydrogens is 353 g/mol. The Morgan fingerprint density at radius 2 is 2.05 bits per heavy atom. The largest absolute Gasteiger partial charge is 0.444 e. The maximum Gasteiger partial charge on any atom is 0.413 e. The molecule has 0 saturated carbocycles. The van der Waals surface area contributed by atoms with Gasteiger partial charge in [-0.05, 0) is 33.6 Å². The van der Waals surface area contributed by atoms with Crippen LogP contribution in [0.4, 0.5) is 15.0 Å². The molecule has 5 nitrogen and oxygen atoms in total. The molecule has 1 amide bonds. The van der Waals surface area contributed by atoms with Crippen LogP contribution >= 0.6 is 15.9 Å². The Bertz CT molecular complexity index is 820. The summed E-state index contributed by atoms with van der Waals surface area (Å²) in [6.45, 7) is 0.143. The molecule has 3 rings (SSSR count). The van der Waals surface area contributed by atoms with Gasteiger partial charge in [-0.25, -0.2) is 9.18 Å². The summed E-state index contributed by atoms with van der Waals surface area (Å²) in [7, 11) is 0. The Labute approximate surface area is 133 Å². The van der Waals surface area contributed by atoms with E-state index in [9.17, 15) is 9.18 Å². The van der Waals surface area contributed by atoms with Crippen molar-refractivity contribution in [2.75, 3.05) is 5.32 Å². The van der Waals surface area contributed by atoms with Crippen molar-refractivity contribution in [3.05, 3.63) is 58.3 Å². The normalized spacial score (nSPS) is 10.6. The summed E-state index contributed by atoms with van der Waals surface area (Å²) in [4.78, 5) is 11.8. The summed E-state index contributed by atoms with van der Waals surface area (Å²) in [6, 6.07) is 12.2. The Hall–Kier alpha value is -2.41. The zero-order chi connectivity index (χ0) is 15.5. The number of ether oxygens (including phenoxy) is 1. The van der Waals surface area contributed by atoms with E-state index in [1.807, 2.05) is 30.3 Å². The van der Waals surface area contributed by atoms with Crippen LogP contribution < -0.4 is 5.32 Å². The van der Waals surface area contributed by atoms with Crippen molar-refractivity contribution in [1.82, 2.24) is 10.2 Å². The fourth-order valence-corrected chi connectivity index (χ4v) is 2.53. The van der Waals surface area contributed by atoms with Crippen LogP contribution in [-0.4, -0.2) is 16.3 Å². The van der Waals surface area contributed by atoms with E-state index in [0.29, 0.717) is 10.9 Å². The van der Waals surface area contributed by atoms with Crippen LogP contribution in [-0.2, 0) is 11.3 Å². The van der Waals surface area contributed by atoms with Crippen LogP contribution in [0, 0.1) is 5.82 Å². The molecule has 112 valence electrons. The monoisotopic (exact) mass is 363 g/mol. The molecule has 2 N–H and O–H groups in total. The standard InChI is InChI=1S/C15H11BrFN3O2/c16-13-10(17)6-7-11-12(13)14(20-19-11)18-15(21)22-8-9-4-2-1-3-5-9/h1-7H,8H2,(H2,18,19,20,21). The predicted molar refractivity (Wildman–Crippen MR) is 84.0 cm³/mol. The SMILES string of the molecule is O=C(Nc1n[nH]c2ccc(F)c(Br)c12)OCc1ccccc1. The predicted octanol–water partition coefficient (Wildman–Crippen LogP) is 4.21. The van der Waals surface area contributed by atoms with Crippen LogP contribution in [0.3, 0.4) is 0 Å². The molecule has 0 aliphatic carbocycles. The van der Waals surface area contributed by atoms with Crippen LogP contribution in [0.2, 0.25) is 0 Å². The number of halogens is 2. The zero-order valence-electron chi connectivity index (χ0n) is 11.3. The third-order valence-electron chi connectivity index (χ3n) is 3.05. The highest BCUT2D eigenvalue weighted by Crippen LogP contribution is 2.31. The minimum atomic E-state index is -0.659. The smallest absolute Gasteiger partial charge is 0.413 e. The highest BCUT2D eigenvalue weighted by atomic mass is 79.9. The molecule has 0 bridgehead atoms. The minimum Gasteiger partial charge on any atom is -0.444 e. The molecule has 0 spiro atoms. The second-order valence-electron chi connectivity index (χ2n) is 4.54. The number of aromatic nitrogens is 2. The maximum absolute atomic E-state index is 13.6. The molecule has 0 saturated heterocycles. The van der Waals surface area contributed by atoms with E-state index in [1.165, 1.54) is 6.07 Å². The molecule has 2 aromatic carbocycles. The summed E-state index contributed by atoms with van der Waals surface area (Å²) < 4.78 is 18.9. The number of fused-ring (bicyclic) bond motifs is 1. The Morgan fingerprint density at radius 1 is 1.27 bits per heavy atom. The summed E-state index contributed by atoms with van der Waals surface area (Å²) in [5.74, 6) is -0.228. The number of aromatic amines is 1. The number of anilines is 1. The number of rotatable bonds is 3. The van der Waals surface area contributed by atoms with Gasteiger partial charge in [0.2, 0.25) is 0 Å². The van der Waals surface area contributed by atoms with Gasteiger partial charge in [-0.1, -0.05) is 30.3 Å². The lowest BCUT2D eigenvalue weighted by Gasteiger charge is -2.06. The Kier molecular flexibility index (Phi) is 4.06. The summed E-state index contributed by atoms with van der Waals surface area (Å²) in [5, 5.41) is 9.64. The summed E-state index contributed by atoms with van der Waals surface area (Å²) >= 11 is 3.15. The lowest BCUT2D eigenvalue weighted by Crippen LogP contribution is -2.14. The van der Waals surface area contributed by atoms with Crippen LogP contribution in [0.1, 0.15) is 5.56 Å². The summed E-state index contributed by atoms with van der Waals surface area (Å²) in [5.41, 5.74) is 1.48. The highest BCUT2D eigenvalue weighted by Gasteiger charge is 2.15. The summed E-state index contributed by atoms with van der Waals surface area (Å²) in [6.07, 6.45) is -0.659. The van der Waals surface area contributed by atoms with Crippen molar-refractivity contribution in [1.29, 1.82) is 0 Å². The third kappa shape index (κ3) is 2.94. The molecule has 0 aliphatic heterocycles. The molecule has 0 radical (unpaired) electrons. The number of hydrogen-bond acceptors (Lipinski definition) is 3. The lowest BCUT2D eigenvalue weighted by atomic mass is 10.2. The second-order valence-corrected chi connectivity index (χ2v) is 5.34. The molecule has 0 fully saturated rings. The van der Waals surface area contributed by atoms with Gasteiger partial charge >= 0.3 is 6.09 Å². The fourth-order valence-electron chi connectivity index (χ4n) is 1.99. The molecule has 1 aromatic heterocycles. The van der Waals surface area contributed by atoms with Crippen LogP contribution in [0.25, 0.3) is 10.9 Å². The average Bonchev–Trinajstić information content (AvgIpc) is 2.93. The van der Waals surface area contributed by atoms with Gasteiger partial charge in [-0.3, -0.25) is 10.4 Å². The number of nitrogens with zero attached hydrogens (tertiary/aromatic N) is 1. The van der Waals surface area contributed by atoms with Crippen LogP contribution in [0.5, 0.6) is 0 Å². The van der Waals surface area contributed by atoms with Gasteiger partial charge in [0.15, 0.2) is 5.82 Å². The van der Waals surface area contributed by atoms with Crippen molar-refractivity contribution in [3.8, 4) is 0 Å². The number of carbonyl (C=O) groups is 1. The molecule has 0 aliphatic rings. The Balaban J connectivity index is 1.73. The zero-order valence-corrected chi connectivity index (χ0v) is 12.9. The van der Waals surface area contributed by atoms with E-state index in [2.05, 4.69) is 31.4 Å². The highest BCUT2D eigenvalue weighted by molar-refractivity contribution is 9.10. The van der Waals surface area contributed by atoms with E-state index >= 15 is 0 Å². The van der Waals surface area contributed by atoms with Gasteiger partial charge in [-0.2, -0.15) is 5.10 Å². The molecule has 3 aromatic rings. The third-order valence-corrected chi connectivity index (χ3v) is 3.83. The lowest BCUT2D eigenvalue weighted by molar-refractivity contribution is 0.155. The molecule has 0 atom stereocenters. The Morgan fingerprint density at radius 3 is 2.82 bits per heavy atom. The van der Waals surface area contributed by atoms with Crippen molar-refractivity contribution in [2.45, 2.75) is 6.61 Å². The molecule has 0 unspecified atom stereocenters. The van der Waals surface area contributed by atoms with Gasteiger partial charge in [0.25, 0.3) is 0 Å². The maximum atomic E-state index is 13.6. The second kappa shape index (κ2) is 6.15. The van der Waals surface area contributed by atoms with Crippen LogP contribution in [0.15, 0.2) is 46.9 Å². The van der Waals surface area contributed by atoms with E-state index in [1.54, 1.807) is 6.07 Å². The average molecular weight is 364 g/mol. The number of hydrogen-bond donors (Lipinski definition) is 2. The first-order valence-corrected chi connectivity index (χ1v) is 7.24. The van der Waals surface area contributed by atoms with Crippen molar-refractivity contribution < 1.29 is 13.9 Å². The fraction of sp³-hybridized carbons (Fsp3) is 0.0667. The molecule has 22 heavy (non-hydrogen) atoms. The van der Waals surface area contributed by atoms with Gasteiger partial charge < -0.3 is 4.74 Å². The number of H-pyrrole nitrogens is 1. The van der Waals surface area contributed by atoms with Gasteiger partial charge in [0, 0.05) is 0 Å². The van der Waals surface area contributed by atoms with Crippen molar-refractivity contribution in [3.63, 3.8) is 0 Å². The first-order valence-electron chi connectivity index (χ1n) is 6.45. The molecule has 7 heteroatoms.